The molecule has 0 unspecified atom stereocenters. The molecule has 0 aliphatic heterocycles. The fourth-order valence-electron chi connectivity index (χ4n) is 2.41. The fraction of sp³-hybridized carbons (Fsp3) is 0.143. The summed E-state index contributed by atoms with van der Waals surface area (Å²) in [6, 6.07) is 20.6. The van der Waals surface area contributed by atoms with Gasteiger partial charge in [-0.3, -0.25) is 0 Å². The van der Waals surface area contributed by atoms with Crippen LogP contribution >= 0.6 is 0 Å². The summed E-state index contributed by atoms with van der Waals surface area (Å²) < 4.78 is 40.9. The van der Waals surface area contributed by atoms with E-state index in [4.69, 9.17) is 13.7 Å². The van der Waals surface area contributed by atoms with Gasteiger partial charge >= 0.3 is 10.1 Å². The molecule has 0 fully saturated rings. The van der Waals surface area contributed by atoms with Gasteiger partial charge in [-0.2, -0.15) is 8.42 Å². The highest BCUT2D eigenvalue weighted by atomic mass is 32.2. The van der Waals surface area contributed by atoms with Crippen molar-refractivity contribution in [3.05, 3.63) is 83.9 Å². The predicted molar refractivity (Wildman–Crippen MR) is 103 cm³/mol. The van der Waals surface area contributed by atoms with E-state index in [9.17, 15) is 8.42 Å². The van der Waals surface area contributed by atoms with Crippen LogP contribution in [0, 0.1) is 6.92 Å². The SMILES string of the molecule is COc1ccc(OCc2cccc(OS(=O)(=O)c3ccc(C)cc3)c2)cc1. The van der Waals surface area contributed by atoms with Gasteiger partial charge in [-0.1, -0.05) is 29.8 Å². The Kier molecular flexibility index (Phi) is 5.66. The highest BCUT2D eigenvalue weighted by Gasteiger charge is 2.16. The second-order valence-corrected chi connectivity index (χ2v) is 7.51. The molecule has 0 amide bonds. The molecule has 0 saturated carbocycles. The Morgan fingerprint density at radius 1 is 0.815 bits per heavy atom. The molecule has 0 heterocycles. The lowest BCUT2D eigenvalue weighted by Crippen LogP contribution is -2.10. The van der Waals surface area contributed by atoms with Gasteiger partial charge in [-0.05, 0) is 61.0 Å². The average Bonchev–Trinajstić information content (AvgIpc) is 2.67. The van der Waals surface area contributed by atoms with Gasteiger partial charge in [0, 0.05) is 0 Å². The Morgan fingerprint density at radius 2 is 1.48 bits per heavy atom. The van der Waals surface area contributed by atoms with Gasteiger partial charge in [0.1, 0.15) is 28.8 Å². The molecular weight excluding hydrogens is 364 g/mol. The molecule has 0 aromatic heterocycles. The molecule has 0 bridgehead atoms. The van der Waals surface area contributed by atoms with E-state index < -0.39 is 10.1 Å². The Bertz CT molecular complexity index is 994. The van der Waals surface area contributed by atoms with Gasteiger partial charge in [-0.25, -0.2) is 0 Å². The minimum absolute atomic E-state index is 0.119. The number of methoxy groups -OCH3 is 1. The molecule has 0 spiro atoms. The van der Waals surface area contributed by atoms with E-state index in [2.05, 4.69) is 0 Å². The summed E-state index contributed by atoms with van der Waals surface area (Å²) in [5.74, 6) is 1.68. The number of ether oxygens (including phenoxy) is 2. The number of aryl methyl sites for hydroxylation is 1. The van der Waals surface area contributed by atoms with Gasteiger partial charge in [0.25, 0.3) is 0 Å². The first kappa shape index (κ1) is 18.8. The summed E-state index contributed by atoms with van der Waals surface area (Å²) in [4.78, 5) is 0.119. The monoisotopic (exact) mass is 384 g/mol. The van der Waals surface area contributed by atoms with Crippen LogP contribution in [0.25, 0.3) is 0 Å². The van der Waals surface area contributed by atoms with Crippen LogP contribution in [0.4, 0.5) is 0 Å². The second kappa shape index (κ2) is 8.14. The van der Waals surface area contributed by atoms with Crippen molar-refractivity contribution in [2.45, 2.75) is 18.4 Å². The summed E-state index contributed by atoms with van der Waals surface area (Å²) in [7, 11) is -2.27. The van der Waals surface area contributed by atoms with E-state index in [0.717, 1.165) is 16.9 Å². The topological polar surface area (TPSA) is 61.8 Å². The third-order valence-electron chi connectivity index (χ3n) is 3.88. The standard InChI is InChI=1S/C21H20O5S/c1-16-6-12-21(13-7-16)27(22,23)26-20-5-3-4-17(14-20)15-25-19-10-8-18(24-2)9-11-19/h3-14H,15H2,1-2H3. The smallest absolute Gasteiger partial charge is 0.339 e. The van der Waals surface area contributed by atoms with Crippen LogP contribution < -0.4 is 13.7 Å². The highest BCUT2D eigenvalue weighted by molar-refractivity contribution is 7.87. The zero-order valence-electron chi connectivity index (χ0n) is 15.1. The Labute approximate surface area is 159 Å². The van der Waals surface area contributed by atoms with Crippen molar-refractivity contribution in [3.63, 3.8) is 0 Å². The minimum atomic E-state index is -3.88. The molecule has 3 aromatic rings. The summed E-state index contributed by atoms with van der Waals surface area (Å²) in [6.45, 7) is 2.18. The van der Waals surface area contributed by atoms with Crippen molar-refractivity contribution in [2.24, 2.45) is 0 Å². The van der Waals surface area contributed by atoms with Gasteiger partial charge < -0.3 is 13.7 Å². The molecule has 27 heavy (non-hydrogen) atoms. The number of benzene rings is 3. The molecule has 6 heteroatoms. The van der Waals surface area contributed by atoms with Gasteiger partial charge in [-0.15, -0.1) is 0 Å². The lowest BCUT2D eigenvalue weighted by Gasteiger charge is -2.10. The van der Waals surface area contributed by atoms with Crippen molar-refractivity contribution in [3.8, 4) is 17.2 Å². The highest BCUT2D eigenvalue weighted by Crippen LogP contribution is 2.22. The van der Waals surface area contributed by atoms with Crippen LogP contribution in [0.5, 0.6) is 17.2 Å². The molecule has 0 atom stereocenters. The average molecular weight is 384 g/mol. The summed E-state index contributed by atoms with van der Waals surface area (Å²) in [5.41, 5.74) is 1.77. The van der Waals surface area contributed by atoms with Crippen LogP contribution in [0.1, 0.15) is 11.1 Å². The van der Waals surface area contributed by atoms with E-state index in [0.29, 0.717) is 5.75 Å². The van der Waals surface area contributed by atoms with Crippen LogP contribution in [0.3, 0.4) is 0 Å². The lowest BCUT2D eigenvalue weighted by molar-refractivity contribution is 0.305. The van der Waals surface area contributed by atoms with Gasteiger partial charge in [0.05, 0.1) is 7.11 Å². The molecule has 0 saturated heterocycles. The van der Waals surface area contributed by atoms with E-state index in [1.807, 2.05) is 25.1 Å². The summed E-state index contributed by atoms with van der Waals surface area (Å²) >= 11 is 0. The van der Waals surface area contributed by atoms with E-state index in [-0.39, 0.29) is 17.3 Å². The van der Waals surface area contributed by atoms with E-state index >= 15 is 0 Å². The minimum Gasteiger partial charge on any atom is -0.497 e. The Hall–Kier alpha value is -2.99. The Balaban J connectivity index is 1.68. The van der Waals surface area contributed by atoms with Crippen molar-refractivity contribution < 1.29 is 22.1 Å². The van der Waals surface area contributed by atoms with Crippen molar-refractivity contribution >= 4 is 10.1 Å². The van der Waals surface area contributed by atoms with Crippen molar-refractivity contribution in [2.75, 3.05) is 7.11 Å². The Morgan fingerprint density at radius 3 is 2.15 bits per heavy atom. The molecular formula is C21H20O5S. The van der Waals surface area contributed by atoms with Crippen molar-refractivity contribution in [1.82, 2.24) is 0 Å². The van der Waals surface area contributed by atoms with Crippen LogP contribution in [0.2, 0.25) is 0 Å². The molecule has 3 rings (SSSR count). The number of hydrogen-bond donors (Lipinski definition) is 0. The van der Waals surface area contributed by atoms with E-state index in [1.54, 1.807) is 49.6 Å². The number of hydrogen-bond acceptors (Lipinski definition) is 5. The predicted octanol–water partition coefficient (Wildman–Crippen LogP) is 4.35. The molecule has 0 radical (unpaired) electrons. The summed E-state index contributed by atoms with van der Waals surface area (Å²) in [5, 5.41) is 0. The zero-order valence-corrected chi connectivity index (χ0v) is 15.9. The van der Waals surface area contributed by atoms with Crippen molar-refractivity contribution in [1.29, 1.82) is 0 Å². The number of rotatable bonds is 7. The molecule has 0 N–H and O–H groups in total. The molecule has 3 aromatic carbocycles. The molecule has 0 aliphatic rings. The van der Waals surface area contributed by atoms with E-state index in [1.165, 1.54) is 12.1 Å². The first-order chi connectivity index (χ1) is 13.0. The largest absolute Gasteiger partial charge is 0.497 e. The summed E-state index contributed by atoms with van der Waals surface area (Å²) in [6.07, 6.45) is 0. The zero-order chi connectivity index (χ0) is 19.3. The first-order valence-electron chi connectivity index (χ1n) is 8.33. The maximum atomic E-state index is 12.4. The normalized spacial score (nSPS) is 11.0. The van der Waals surface area contributed by atoms with Gasteiger partial charge in [0.15, 0.2) is 0 Å². The second-order valence-electron chi connectivity index (χ2n) is 5.96. The first-order valence-corrected chi connectivity index (χ1v) is 9.74. The lowest BCUT2D eigenvalue weighted by atomic mass is 10.2. The maximum Gasteiger partial charge on any atom is 0.339 e. The van der Waals surface area contributed by atoms with Gasteiger partial charge in [0.2, 0.25) is 0 Å². The van der Waals surface area contributed by atoms with Crippen LogP contribution in [-0.2, 0) is 16.7 Å². The molecule has 140 valence electrons. The maximum absolute atomic E-state index is 12.4. The third-order valence-corrected chi connectivity index (χ3v) is 5.14. The fourth-order valence-corrected chi connectivity index (χ4v) is 3.33. The quantitative estimate of drug-likeness (QED) is 0.567. The van der Waals surface area contributed by atoms with Crippen LogP contribution in [0.15, 0.2) is 77.7 Å². The van der Waals surface area contributed by atoms with Crippen LogP contribution in [-0.4, -0.2) is 15.5 Å². The molecule has 0 aliphatic carbocycles. The molecule has 5 nitrogen and oxygen atoms in total. The third kappa shape index (κ3) is 5.01.